The highest BCUT2D eigenvalue weighted by molar-refractivity contribution is 7.21. The Bertz CT molecular complexity index is 716. The van der Waals surface area contributed by atoms with Crippen LogP contribution in [0.1, 0.15) is 32.9 Å². The normalized spacial score (nSPS) is 14.8. The van der Waals surface area contributed by atoms with Crippen LogP contribution < -0.4 is 5.32 Å². The van der Waals surface area contributed by atoms with Gasteiger partial charge < -0.3 is 5.32 Å². The molecule has 0 saturated carbocycles. The van der Waals surface area contributed by atoms with Crippen molar-refractivity contribution in [2.75, 3.05) is 5.32 Å². The van der Waals surface area contributed by atoms with Crippen molar-refractivity contribution in [3.63, 3.8) is 0 Å². The standard InChI is InChI=1S/C13H12N2O2S/c1-5-6(2)10-11-12(8(16)4-9(17)15-11)18-13(10)14-7(5)3/h4H2,1-3H3,(H,15,17). The maximum absolute atomic E-state index is 11.9. The van der Waals surface area contributed by atoms with E-state index >= 15 is 0 Å². The number of hydrogen-bond donors (Lipinski definition) is 1. The highest BCUT2D eigenvalue weighted by Gasteiger charge is 2.28. The van der Waals surface area contributed by atoms with E-state index in [-0.39, 0.29) is 18.1 Å². The van der Waals surface area contributed by atoms with Crippen molar-refractivity contribution >= 4 is 38.9 Å². The third kappa shape index (κ3) is 1.40. The van der Waals surface area contributed by atoms with Gasteiger partial charge in [0.05, 0.1) is 17.0 Å². The van der Waals surface area contributed by atoms with Gasteiger partial charge in [-0.15, -0.1) is 11.3 Å². The zero-order chi connectivity index (χ0) is 13.0. The summed E-state index contributed by atoms with van der Waals surface area (Å²) in [6.07, 6.45) is -0.0587. The number of nitrogens with zero attached hydrogens (tertiary/aromatic N) is 1. The number of aromatic nitrogens is 1. The number of carbonyl (C=O) groups is 2. The molecule has 0 radical (unpaired) electrons. The van der Waals surface area contributed by atoms with E-state index in [2.05, 4.69) is 10.3 Å². The molecular formula is C13H12N2O2S. The van der Waals surface area contributed by atoms with Crippen molar-refractivity contribution in [2.24, 2.45) is 0 Å². The molecule has 4 nitrogen and oxygen atoms in total. The molecule has 0 fully saturated rings. The fourth-order valence-corrected chi connectivity index (χ4v) is 3.44. The van der Waals surface area contributed by atoms with Gasteiger partial charge in [-0.05, 0) is 31.9 Å². The highest BCUT2D eigenvalue weighted by Crippen LogP contribution is 2.40. The van der Waals surface area contributed by atoms with Crippen LogP contribution in [0.5, 0.6) is 0 Å². The first-order valence-corrected chi connectivity index (χ1v) is 6.54. The molecule has 1 aliphatic rings. The van der Waals surface area contributed by atoms with Crippen molar-refractivity contribution in [1.29, 1.82) is 0 Å². The summed E-state index contributed by atoms with van der Waals surface area (Å²) in [5.41, 5.74) is 3.82. The van der Waals surface area contributed by atoms with E-state index in [9.17, 15) is 9.59 Å². The summed E-state index contributed by atoms with van der Waals surface area (Å²) in [6.45, 7) is 5.97. The number of ketones is 1. The first kappa shape index (κ1) is 11.3. The van der Waals surface area contributed by atoms with Crippen LogP contribution in [0.15, 0.2) is 0 Å². The van der Waals surface area contributed by atoms with Crippen molar-refractivity contribution in [3.05, 3.63) is 21.7 Å². The average Bonchev–Trinajstić information content (AvgIpc) is 2.65. The second-order valence-electron chi connectivity index (χ2n) is 4.58. The van der Waals surface area contributed by atoms with Crippen LogP contribution in [0.4, 0.5) is 5.69 Å². The predicted molar refractivity (Wildman–Crippen MR) is 71.4 cm³/mol. The molecular weight excluding hydrogens is 248 g/mol. The molecule has 1 aliphatic heterocycles. The summed E-state index contributed by atoms with van der Waals surface area (Å²) >= 11 is 1.37. The van der Waals surface area contributed by atoms with Crippen molar-refractivity contribution in [3.8, 4) is 0 Å². The van der Waals surface area contributed by atoms with Crippen LogP contribution >= 0.6 is 11.3 Å². The lowest BCUT2D eigenvalue weighted by Gasteiger charge is -2.13. The molecule has 2 aromatic heterocycles. The van der Waals surface area contributed by atoms with Gasteiger partial charge in [-0.25, -0.2) is 4.98 Å². The lowest BCUT2D eigenvalue weighted by molar-refractivity contribution is -0.115. The number of thiophene rings is 1. The molecule has 0 saturated heterocycles. The second-order valence-corrected chi connectivity index (χ2v) is 5.58. The number of nitrogens with one attached hydrogen (secondary N) is 1. The van der Waals surface area contributed by atoms with Gasteiger partial charge in [-0.2, -0.15) is 0 Å². The van der Waals surface area contributed by atoms with Gasteiger partial charge in [-0.3, -0.25) is 9.59 Å². The Morgan fingerprint density at radius 2 is 1.89 bits per heavy atom. The zero-order valence-electron chi connectivity index (χ0n) is 10.4. The molecule has 0 spiro atoms. The number of Topliss-reactive ketones (excluding diaryl/α,β-unsaturated/α-hetero) is 1. The molecule has 0 bridgehead atoms. The number of aryl methyl sites for hydroxylation is 2. The second kappa shape index (κ2) is 3.62. The summed E-state index contributed by atoms with van der Waals surface area (Å²) in [6, 6.07) is 0. The first-order chi connectivity index (χ1) is 8.49. The average molecular weight is 260 g/mol. The molecule has 2 aromatic rings. The van der Waals surface area contributed by atoms with E-state index in [4.69, 9.17) is 0 Å². The van der Waals surface area contributed by atoms with Crippen molar-refractivity contribution in [1.82, 2.24) is 4.98 Å². The van der Waals surface area contributed by atoms with Gasteiger partial charge in [0, 0.05) is 11.1 Å². The molecule has 18 heavy (non-hydrogen) atoms. The molecule has 0 aliphatic carbocycles. The fraction of sp³-hybridized carbons (Fsp3) is 0.308. The summed E-state index contributed by atoms with van der Waals surface area (Å²) < 4.78 is 0. The maximum Gasteiger partial charge on any atom is 0.232 e. The van der Waals surface area contributed by atoms with Gasteiger partial charge in [-0.1, -0.05) is 0 Å². The predicted octanol–water partition coefficient (Wildman–Crippen LogP) is 2.75. The molecule has 3 heterocycles. The molecule has 5 heteroatoms. The summed E-state index contributed by atoms with van der Waals surface area (Å²) in [7, 11) is 0. The van der Waals surface area contributed by atoms with Crippen LogP contribution in [0.25, 0.3) is 10.2 Å². The Morgan fingerprint density at radius 3 is 2.61 bits per heavy atom. The maximum atomic E-state index is 11.9. The number of anilines is 1. The zero-order valence-corrected chi connectivity index (χ0v) is 11.2. The fourth-order valence-electron chi connectivity index (χ4n) is 2.27. The topological polar surface area (TPSA) is 59.1 Å². The molecule has 0 atom stereocenters. The summed E-state index contributed by atoms with van der Waals surface area (Å²) in [5, 5.41) is 3.73. The monoisotopic (exact) mass is 260 g/mol. The molecule has 1 N–H and O–H groups in total. The van der Waals surface area contributed by atoms with Crippen molar-refractivity contribution in [2.45, 2.75) is 27.2 Å². The lowest BCUT2D eigenvalue weighted by Crippen LogP contribution is -2.22. The first-order valence-electron chi connectivity index (χ1n) is 5.72. The van der Waals surface area contributed by atoms with Crippen LogP contribution in [0, 0.1) is 20.8 Å². The molecule has 92 valence electrons. The summed E-state index contributed by atoms with van der Waals surface area (Å²) in [4.78, 5) is 29.3. The van der Waals surface area contributed by atoms with Crippen molar-refractivity contribution < 1.29 is 9.59 Å². The molecule has 1 amide bonds. The number of amides is 1. The highest BCUT2D eigenvalue weighted by atomic mass is 32.1. The Labute approximate surface area is 108 Å². The number of hydrogen-bond acceptors (Lipinski definition) is 4. The SMILES string of the molecule is Cc1nc2sc3c(c2c(C)c1C)NC(=O)CC3=O. The van der Waals surface area contributed by atoms with Gasteiger partial charge >= 0.3 is 0 Å². The quantitative estimate of drug-likeness (QED) is 0.741. The Hall–Kier alpha value is -1.75. The van der Waals surface area contributed by atoms with Gasteiger partial charge in [0.15, 0.2) is 5.78 Å². The molecule has 3 rings (SSSR count). The van der Waals surface area contributed by atoms with E-state index < -0.39 is 0 Å². The van der Waals surface area contributed by atoms with Crippen LogP contribution in [0.2, 0.25) is 0 Å². The minimum Gasteiger partial charge on any atom is -0.324 e. The Morgan fingerprint density at radius 1 is 1.17 bits per heavy atom. The summed E-state index contributed by atoms with van der Waals surface area (Å²) in [5.74, 6) is -0.337. The molecule has 0 unspecified atom stereocenters. The minimum atomic E-state index is -0.232. The number of fused-ring (bicyclic) bond motifs is 3. The minimum absolute atomic E-state index is 0.0587. The molecule has 0 aromatic carbocycles. The van der Waals surface area contributed by atoms with Gasteiger partial charge in [0.25, 0.3) is 0 Å². The van der Waals surface area contributed by atoms with E-state index in [1.165, 1.54) is 11.3 Å². The third-order valence-electron chi connectivity index (χ3n) is 3.48. The van der Waals surface area contributed by atoms with Gasteiger partial charge in [0.2, 0.25) is 5.91 Å². The van der Waals surface area contributed by atoms with E-state index in [0.29, 0.717) is 10.6 Å². The number of carbonyl (C=O) groups excluding carboxylic acids is 2. The Balaban J connectivity index is 2.43. The van der Waals surface area contributed by atoms with E-state index in [1.54, 1.807) is 0 Å². The van der Waals surface area contributed by atoms with Crippen LogP contribution in [-0.2, 0) is 4.79 Å². The van der Waals surface area contributed by atoms with Crippen LogP contribution in [0.3, 0.4) is 0 Å². The van der Waals surface area contributed by atoms with E-state index in [0.717, 1.165) is 27.0 Å². The number of pyridine rings is 1. The number of rotatable bonds is 0. The van der Waals surface area contributed by atoms with E-state index in [1.807, 2.05) is 20.8 Å². The smallest absolute Gasteiger partial charge is 0.232 e. The third-order valence-corrected chi connectivity index (χ3v) is 4.60. The lowest BCUT2D eigenvalue weighted by atomic mass is 10.0. The Kier molecular flexibility index (Phi) is 2.28. The van der Waals surface area contributed by atoms with Gasteiger partial charge in [0.1, 0.15) is 4.83 Å². The largest absolute Gasteiger partial charge is 0.324 e. The van der Waals surface area contributed by atoms with Crippen LogP contribution in [-0.4, -0.2) is 16.7 Å².